The zero-order chi connectivity index (χ0) is 44.1. The second kappa shape index (κ2) is 18.3. The number of benzene rings is 4. The summed E-state index contributed by atoms with van der Waals surface area (Å²) < 4.78 is 158. The molecule has 0 bridgehead atoms. The molecule has 0 aliphatic rings. The van der Waals surface area contributed by atoms with E-state index in [2.05, 4.69) is 14.6 Å². The van der Waals surface area contributed by atoms with Crippen LogP contribution >= 0.6 is 23.2 Å². The van der Waals surface area contributed by atoms with Crippen LogP contribution in [0.25, 0.3) is 11.5 Å². The number of halogens is 10. The maximum atomic E-state index is 14.6. The number of ketones is 1. The van der Waals surface area contributed by atoms with Gasteiger partial charge in [0.15, 0.2) is 5.78 Å². The number of hydrogen-bond acceptors (Lipinski definition) is 9. The Morgan fingerprint density at radius 3 is 1.61 bits per heavy atom. The Balaban J connectivity index is 0.000000261. The molecule has 1 N–H and O–H groups in total. The number of nitrogens with one attached hydrogen (secondary N) is 1. The van der Waals surface area contributed by atoms with Gasteiger partial charge in [-0.05, 0) is 54.6 Å². The van der Waals surface area contributed by atoms with Crippen LogP contribution in [-0.4, -0.2) is 64.0 Å². The molecule has 0 fully saturated rings. The molecule has 12 nitrogen and oxygen atoms in total. The van der Waals surface area contributed by atoms with Gasteiger partial charge in [-0.15, -0.1) is 10.2 Å². The Morgan fingerprint density at radius 2 is 1.20 bits per heavy atom. The maximum absolute atomic E-state index is 14.6. The molecule has 0 saturated carbocycles. The molecule has 0 saturated heterocycles. The van der Waals surface area contributed by atoms with Crippen molar-refractivity contribution in [3.8, 4) is 11.5 Å². The molecule has 0 aliphatic carbocycles. The van der Waals surface area contributed by atoms with Crippen LogP contribution in [0.1, 0.15) is 27.4 Å². The first-order valence-corrected chi connectivity index (χ1v) is 20.5. The van der Waals surface area contributed by atoms with Crippen LogP contribution in [0.4, 0.5) is 46.5 Å². The van der Waals surface area contributed by atoms with Crippen molar-refractivity contribution in [2.45, 2.75) is 25.4 Å². The van der Waals surface area contributed by atoms with Crippen molar-refractivity contribution >= 4 is 66.3 Å². The van der Waals surface area contributed by atoms with E-state index < -0.39 is 80.6 Å². The van der Waals surface area contributed by atoms with Crippen LogP contribution in [0.5, 0.6) is 0 Å². The highest BCUT2D eigenvalue weighted by Crippen LogP contribution is 2.32. The topological polar surface area (TPSA) is 160 Å². The summed E-state index contributed by atoms with van der Waals surface area (Å²) in [5.74, 6) is -7.12. The lowest BCUT2D eigenvalue weighted by molar-refractivity contribution is -0.173. The molecule has 0 aliphatic heterocycles. The molecule has 1 aromatic heterocycles. The first-order valence-electron chi connectivity index (χ1n) is 16.1. The number of carbonyl (C=O) groups excluding carboxylic acids is 2. The fraction of sp³-hybridized carbons (Fsp3) is 0.200. The fourth-order valence-electron chi connectivity index (χ4n) is 4.85. The minimum absolute atomic E-state index is 0.0188. The number of carbonyl (C=O) groups is 2. The molecule has 59 heavy (non-hydrogen) atoms. The van der Waals surface area contributed by atoms with Gasteiger partial charge in [0, 0.05) is 32.3 Å². The van der Waals surface area contributed by atoms with Crippen LogP contribution in [0.15, 0.2) is 89.3 Å². The highest BCUT2D eigenvalue weighted by molar-refractivity contribution is 7.92. The van der Waals surface area contributed by atoms with E-state index in [1.54, 1.807) is 12.1 Å². The third-order valence-electron chi connectivity index (χ3n) is 7.63. The van der Waals surface area contributed by atoms with Crippen LogP contribution in [-0.2, 0) is 44.1 Å². The zero-order valence-corrected chi connectivity index (χ0v) is 33.1. The molecule has 5 rings (SSSR count). The summed E-state index contributed by atoms with van der Waals surface area (Å²) in [7, 11) is -7.60. The molecular weight excluding hydrogens is 889 g/mol. The lowest BCUT2D eigenvalue weighted by Gasteiger charge is -2.23. The van der Waals surface area contributed by atoms with Gasteiger partial charge in [-0.25, -0.2) is 25.6 Å². The number of alkyl halides is 6. The predicted octanol–water partition coefficient (Wildman–Crippen LogP) is 7.82. The first kappa shape index (κ1) is 46.4. The summed E-state index contributed by atoms with van der Waals surface area (Å²) in [6.45, 7) is -1.75. The SMILES string of the molecule is CS(=O)(=O)N(Cc1ccc(-c2nnc(C(F)(F)F)o2)cc1F)c1cccc(Cl)c1.CS(=O)(=O)N(Cc1ccc(C(=O)CNC(=O)C(F)(F)F)cc1F)c1cccc(Cl)c1. The van der Waals surface area contributed by atoms with Gasteiger partial charge in [0.25, 0.3) is 0 Å². The van der Waals surface area contributed by atoms with Crippen molar-refractivity contribution in [2.75, 3.05) is 27.7 Å². The minimum atomic E-state index is -5.15. The third-order valence-corrected chi connectivity index (χ3v) is 10.4. The van der Waals surface area contributed by atoms with Crippen LogP contribution in [0.3, 0.4) is 0 Å². The Bertz CT molecular complexity index is 2580. The van der Waals surface area contributed by atoms with Gasteiger partial charge in [0.05, 0.1) is 43.5 Å². The second-order valence-electron chi connectivity index (χ2n) is 12.1. The number of rotatable bonds is 12. The van der Waals surface area contributed by atoms with E-state index in [1.807, 2.05) is 0 Å². The van der Waals surface area contributed by atoms with Crippen LogP contribution in [0, 0.1) is 11.6 Å². The summed E-state index contributed by atoms with van der Waals surface area (Å²) in [4.78, 5) is 22.7. The molecular formula is C35H27Cl2F8N5O7S2. The Morgan fingerprint density at radius 1 is 0.712 bits per heavy atom. The lowest BCUT2D eigenvalue weighted by atomic mass is 10.1. The molecule has 4 aromatic carbocycles. The molecule has 0 radical (unpaired) electrons. The summed E-state index contributed by atoms with van der Waals surface area (Å²) in [6.07, 6.45) is -8.09. The normalized spacial score (nSPS) is 12.0. The third kappa shape index (κ3) is 12.8. The summed E-state index contributed by atoms with van der Waals surface area (Å²) in [6, 6.07) is 18.3. The highest BCUT2D eigenvalue weighted by Gasteiger charge is 2.39. The molecule has 0 spiro atoms. The van der Waals surface area contributed by atoms with Gasteiger partial charge < -0.3 is 9.73 Å². The largest absolute Gasteiger partial charge is 0.471 e. The molecule has 0 unspecified atom stereocenters. The molecule has 5 aromatic rings. The van der Waals surface area contributed by atoms with Crippen LogP contribution in [0.2, 0.25) is 10.0 Å². The number of hydrogen-bond donors (Lipinski definition) is 1. The monoisotopic (exact) mass is 915 g/mol. The number of amides is 1. The Labute approximate surface area is 340 Å². The van der Waals surface area contributed by atoms with Gasteiger partial charge in [0.2, 0.25) is 25.9 Å². The van der Waals surface area contributed by atoms with Crippen molar-refractivity contribution in [2.24, 2.45) is 0 Å². The van der Waals surface area contributed by atoms with E-state index in [-0.39, 0.29) is 45.2 Å². The van der Waals surface area contributed by atoms with Gasteiger partial charge in [-0.3, -0.25) is 18.2 Å². The van der Waals surface area contributed by atoms with E-state index in [4.69, 9.17) is 23.2 Å². The molecule has 1 heterocycles. The summed E-state index contributed by atoms with van der Waals surface area (Å²) in [5.41, 5.74) is -0.0455. The van der Waals surface area contributed by atoms with E-state index in [0.29, 0.717) is 5.02 Å². The van der Waals surface area contributed by atoms with Crippen molar-refractivity contribution in [3.63, 3.8) is 0 Å². The standard InChI is InChI=1S/C18H15ClF4N2O4S.C17H12ClF4N3O3S/c1-30(28,29)25(14-4-2-3-13(19)8-14)10-12-6-5-11(7-15(12)20)16(26)9-24-17(27)18(21,22)23;1-29(26,27)25(13-4-2-3-12(18)8-13)9-11-6-5-10(7-14(11)19)15-23-24-16(28-15)17(20,21)22/h2-8H,9-10H2,1H3,(H,24,27);2-8H,9H2,1H3. The number of sulfonamides is 2. The number of anilines is 2. The van der Waals surface area contributed by atoms with Gasteiger partial charge in [-0.2, -0.15) is 26.3 Å². The van der Waals surface area contributed by atoms with Crippen LogP contribution < -0.4 is 13.9 Å². The zero-order valence-electron chi connectivity index (χ0n) is 29.9. The van der Waals surface area contributed by atoms with Crippen molar-refractivity contribution in [1.29, 1.82) is 0 Å². The average Bonchev–Trinajstić information content (AvgIpc) is 3.63. The van der Waals surface area contributed by atoms with E-state index in [1.165, 1.54) is 53.8 Å². The lowest BCUT2D eigenvalue weighted by Crippen LogP contribution is -2.39. The van der Waals surface area contributed by atoms with Crippen molar-refractivity contribution in [3.05, 3.63) is 129 Å². The smallest absolute Gasteiger partial charge is 0.413 e. The number of Topliss-reactive ketones (excluding diaryl/α,β-unsaturated/α-hetero) is 1. The molecule has 1 amide bonds. The minimum Gasteiger partial charge on any atom is -0.413 e. The molecule has 0 atom stereocenters. The Kier molecular flexibility index (Phi) is 14.4. The number of aromatic nitrogens is 2. The second-order valence-corrected chi connectivity index (χ2v) is 16.8. The van der Waals surface area contributed by atoms with Crippen molar-refractivity contribution in [1.82, 2.24) is 15.5 Å². The fourth-order valence-corrected chi connectivity index (χ4v) is 6.96. The van der Waals surface area contributed by atoms with E-state index >= 15 is 0 Å². The van der Waals surface area contributed by atoms with E-state index in [0.717, 1.165) is 45.4 Å². The first-order chi connectivity index (χ1) is 27.2. The van der Waals surface area contributed by atoms with E-state index in [9.17, 15) is 61.5 Å². The predicted molar refractivity (Wildman–Crippen MR) is 199 cm³/mol. The van der Waals surface area contributed by atoms with Gasteiger partial charge in [-0.1, -0.05) is 53.5 Å². The van der Waals surface area contributed by atoms with Crippen molar-refractivity contribution < 1.29 is 66.0 Å². The quantitative estimate of drug-likeness (QED) is 0.0973. The molecule has 24 heteroatoms. The summed E-state index contributed by atoms with van der Waals surface area (Å²) in [5, 5.41) is 8.10. The highest BCUT2D eigenvalue weighted by atomic mass is 35.5. The maximum Gasteiger partial charge on any atom is 0.471 e. The molecule has 316 valence electrons. The number of nitrogens with zero attached hydrogens (tertiary/aromatic N) is 4. The average molecular weight is 917 g/mol. The Hall–Kier alpha value is -5.32. The summed E-state index contributed by atoms with van der Waals surface area (Å²) >= 11 is 11.8. The van der Waals surface area contributed by atoms with Gasteiger partial charge >= 0.3 is 24.2 Å². The van der Waals surface area contributed by atoms with Gasteiger partial charge in [0.1, 0.15) is 11.6 Å².